The van der Waals surface area contributed by atoms with E-state index in [0.29, 0.717) is 48.3 Å². The third kappa shape index (κ3) is 5.20. The first-order valence-corrected chi connectivity index (χ1v) is 12.4. The van der Waals surface area contributed by atoms with Gasteiger partial charge in [-0.3, -0.25) is 9.10 Å². The van der Waals surface area contributed by atoms with Crippen LogP contribution in [0.5, 0.6) is 0 Å². The summed E-state index contributed by atoms with van der Waals surface area (Å²) in [5.41, 5.74) is 1.40. The van der Waals surface area contributed by atoms with Crippen molar-refractivity contribution >= 4 is 50.5 Å². The third-order valence-electron chi connectivity index (χ3n) is 5.14. The van der Waals surface area contributed by atoms with E-state index in [1.165, 1.54) is 4.31 Å². The van der Waals surface area contributed by atoms with Gasteiger partial charge in [-0.1, -0.05) is 42.3 Å². The van der Waals surface area contributed by atoms with Crippen LogP contribution in [0.25, 0.3) is 0 Å². The first-order valence-electron chi connectivity index (χ1n) is 9.75. The number of sulfonamides is 1. The van der Waals surface area contributed by atoms with Crippen LogP contribution in [0.4, 0.5) is 11.4 Å². The lowest BCUT2D eigenvalue weighted by Gasteiger charge is -2.39. The summed E-state index contributed by atoms with van der Waals surface area (Å²) in [6.07, 6.45) is 1.47. The third-order valence-corrected chi connectivity index (χ3v) is 6.79. The topological polar surface area (TPSA) is 60.9 Å². The second-order valence-corrected chi connectivity index (χ2v) is 9.99. The molecule has 3 rings (SSSR count). The monoisotopic (exact) mass is 469 g/mol. The lowest BCUT2D eigenvalue weighted by atomic mass is 10.1. The van der Waals surface area contributed by atoms with E-state index in [0.717, 1.165) is 11.9 Å². The summed E-state index contributed by atoms with van der Waals surface area (Å²) in [7, 11) is -3.69. The molecule has 1 fully saturated rings. The first kappa shape index (κ1) is 22.7. The molecule has 30 heavy (non-hydrogen) atoms. The molecule has 162 valence electrons. The fraction of sp³-hybridized carbons (Fsp3) is 0.381. The van der Waals surface area contributed by atoms with Crippen LogP contribution in [0.1, 0.15) is 13.3 Å². The van der Waals surface area contributed by atoms with E-state index in [-0.39, 0.29) is 5.91 Å². The summed E-state index contributed by atoms with van der Waals surface area (Å²) >= 11 is 12.2. The molecular formula is C21H25Cl2N3O3S. The van der Waals surface area contributed by atoms with E-state index in [4.69, 9.17) is 23.2 Å². The minimum Gasteiger partial charge on any atom is -0.368 e. The van der Waals surface area contributed by atoms with E-state index in [9.17, 15) is 13.2 Å². The number of piperazine rings is 1. The van der Waals surface area contributed by atoms with E-state index >= 15 is 0 Å². The number of carbonyl (C=O) groups excluding carboxylic acids is 1. The minimum atomic E-state index is -3.69. The average Bonchev–Trinajstić information content (AvgIpc) is 2.70. The Morgan fingerprint density at radius 1 is 1.03 bits per heavy atom. The van der Waals surface area contributed by atoms with Crippen molar-refractivity contribution in [2.45, 2.75) is 19.4 Å². The normalized spacial score (nSPS) is 15.7. The molecule has 1 unspecified atom stereocenters. The lowest BCUT2D eigenvalue weighted by Crippen LogP contribution is -2.56. The Labute approximate surface area is 188 Å². The molecule has 1 amide bonds. The molecule has 1 heterocycles. The Kier molecular flexibility index (Phi) is 7.16. The Morgan fingerprint density at radius 2 is 1.63 bits per heavy atom. The number of amides is 1. The Hall–Kier alpha value is -1.96. The summed E-state index contributed by atoms with van der Waals surface area (Å²) in [4.78, 5) is 17.2. The van der Waals surface area contributed by atoms with Crippen molar-refractivity contribution < 1.29 is 13.2 Å². The van der Waals surface area contributed by atoms with Crippen molar-refractivity contribution in [3.05, 3.63) is 58.6 Å². The Bertz CT molecular complexity index is 1010. The maximum atomic E-state index is 13.3. The largest absolute Gasteiger partial charge is 0.368 e. The molecule has 2 aromatic rings. The highest BCUT2D eigenvalue weighted by atomic mass is 35.5. The van der Waals surface area contributed by atoms with Crippen molar-refractivity contribution in [1.29, 1.82) is 0 Å². The van der Waals surface area contributed by atoms with Gasteiger partial charge in [-0.05, 0) is 42.8 Å². The lowest BCUT2D eigenvalue weighted by molar-refractivity contribution is -0.132. The second-order valence-electron chi connectivity index (χ2n) is 7.25. The zero-order valence-corrected chi connectivity index (χ0v) is 19.3. The predicted molar refractivity (Wildman–Crippen MR) is 123 cm³/mol. The van der Waals surface area contributed by atoms with E-state index in [1.54, 1.807) is 29.2 Å². The quantitative estimate of drug-likeness (QED) is 0.643. The Morgan fingerprint density at radius 3 is 2.17 bits per heavy atom. The highest BCUT2D eigenvalue weighted by Gasteiger charge is 2.35. The van der Waals surface area contributed by atoms with Crippen LogP contribution in [-0.4, -0.2) is 57.7 Å². The molecule has 6 nitrogen and oxygen atoms in total. The fourth-order valence-corrected chi connectivity index (χ4v) is 5.29. The number of nitrogens with zero attached hydrogens (tertiary/aromatic N) is 3. The Balaban J connectivity index is 1.78. The summed E-state index contributed by atoms with van der Waals surface area (Å²) in [6.45, 7) is 4.13. The SMILES string of the molecule is CCC(C(=O)N1CCN(c2cccc(Cl)c2)CC1)N(c1cccc(Cl)c1)S(C)(=O)=O. The summed E-state index contributed by atoms with van der Waals surface area (Å²) in [6, 6.07) is 13.4. The summed E-state index contributed by atoms with van der Waals surface area (Å²) in [5, 5.41) is 1.08. The van der Waals surface area contributed by atoms with Gasteiger partial charge < -0.3 is 9.80 Å². The standard InChI is InChI=1S/C21H25Cl2N3O3S/c1-3-20(26(30(2,28)29)19-9-5-7-17(23)15-19)21(27)25-12-10-24(11-13-25)18-8-4-6-16(22)14-18/h4-9,14-15,20H,3,10-13H2,1-2H3. The van der Waals surface area contributed by atoms with Gasteiger partial charge in [-0.15, -0.1) is 0 Å². The van der Waals surface area contributed by atoms with Crippen LogP contribution in [0.3, 0.4) is 0 Å². The molecule has 1 aliphatic rings. The van der Waals surface area contributed by atoms with Crippen LogP contribution < -0.4 is 9.21 Å². The average molecular weight is 470 g/mol. The van der Waals surface area contributed by atoms with Gasteiger partial charge in [0.1, 0.15) is 6.04 Å². The molecule has 1 aliphatic heterocycles. The molecule has 0 aromatic heterocycles. The highest BCUT2D eigenvalue weighted by molar-refractivity contribution is 7.92. The van der Waals surface area contributed by atoms with Crippen LogP contribution in [0, 0.1) is 0 Å². The zero-order valence-electron chi connectivity index (χ0n) is 17.0. The molecule has 0 spiro atoms. The van der Waals surface area contributed by atoms with Crippen LogP contribution >= 0.6 is 23.2 Å². The molecule has 0 saturated carbocycles. The van der Waals surface area contributed by atoms with Gasteiger partial charge in [0.25, 0.3) is 0 Å². The molecule has 0 aliphatic carbocycles. The number of benzene rings is 2. The summed E-state index contributed by atoms with van der Waals surface area (Å²) < 4.78 is 26.4. The van der Waals surface area contributed by atoms with Gasteiger partial charge in [-0.2, -0.15) is 0 Å². The van der Waals surface area contributed by atoms with Crippen molar-refractivity contribution in [2.75, 3.05) is 41.6 Å². The fourth-order valence-electron chi connectivity index (χ4n) is 3.73. The maximum absolute atomic E-state index is 13.3. The number of hydrogen-bond acceptors (Lipinski definition) is 4. The first-order chi connectivity index (χ1) is 14.2. The van der Waals surface area contributed by atoms with Gasteiger partial charge in [0.05, 0.1) is 11.9 Å². The number of halogens is 2. The minimum absolute atomic E-state index is 0.200. The van der Waals surface area contributed by atoms with Crippen LogP contribution in [0.15, 0.2) is 48.5 Å². The number of hydrogen-bond donors (Lipinski definition) is 0. The van der Waals surface area contributed by atoms with Crippen molar-refractivity contribution in [3.63, 3.8) is 0 Å². The van der Waals surface area contributed by atoms with Gasteiger partial charge >= 0.3 is 0 Å². The number of rotatable bonds is 6. The van der Waals surface area contributed by atoms with E-state index in [2.05, 4.69) is 4.90 Å². The zero-order chi connectivity index (χ0) is 21.9. The van der Waals surface area contributed by atoms with Gasteiger partial charge in [0.15, 0.2) is 0 Å². The second kappa shape index (κ2) is 9.45. The molecule has 1 atom stereocenters. The number of anilines is 2. The van der Waals surface area contributed by atoms with E-state index in [1.807, 2.05) is 31.2 Å². The van der Waals surface area contributed by atoms with E-state index < -0.39 is 16.1 Å². The van der Waals surface area contributed by atoms with Crippen LogP contribution in [0.2, 0.25) is 10.0 Å². The highest BCUT2D eigenvalue weighted by Crippen LogP contribution is 2.27. The number of carbonyl (C=O) groups is 1. The van der Waals surface area contributed by atoms with Crippen LogP contribution in [-0.2, 0) is 14.8 Å². The van der Waals surface area contributed by atoms with Gasteiger partial charge in [-0.25, -0.2) is 8.42 Å². The molecule has 0 bridgehead atoms. The predicted octanol–water partition coefficient (Wildman–Crippen LogP) is 3.89. The molecule has 0 N–H and O–H groups in total. The van der Waals surface area contributed by atoms with Crippen molar-refractivity contribution in [3.8, 4) is 0 Å². The molecule has 9 heteroatoms. The van der Waals surface area contributed by atoms with Crippen molar-refractivity contribution in [2.24, 2.45) is 0 Å². The molecular weight excluding hydrogens is 445 g/mol. The van der Waals surface area contributed by atoms with Gasteiger partial charge in [0.2, 0.25) is 15.9 Å². The summed E-state index contributed by atoms with van der Waals surface area (Å²) in [5.74, 6) is -0.200. The van der Waals surface area contributed by atoms with Gasteiger partial charge in [0, 0.05) is 41.9 Å². The molecule has 2 aromatic carbocycles. The van der Waals surface area contributed by atoms with Crippen molar-refractivity contribution in [1.82, 2.24) is 4.90 Å². The maximum Gasteiger partial charge on any atom is 0.246 e. The smallest absolute Gasteiger partial charge is 0.246 e. The molecule has 0 radical (unpaired) electrons. The molecule has 1 saturated heterocycles.